The van der Waals surface area contributed by atoms with Gasteiger partial charge in [0.05, 0.1) is 0 Å². The summed E-state index contributed by atoms with van der Waals surface area (Å²) < 4.78 is 11.0. The lowest BCUT2D eigenvalue weighted by molar-refractivity contribution is 0.0240. The summed E-state index contributed by atoms with van der Waals surface area (Å²) in [6.45, 7) is 16.1. The minimum absolute atomic E-state index is 0.284. The number of allylic oxidation sites excluding steroid dienone is 2. The van der Waals surface area contributed by atoms with Gasteiger partial charge in [-0.1, -0.05) is 37.8 Å². The number of alkyl carbamates (subject to hydrolysis) is 1. The van der Waals surface area contributed by atoms with Gasteiger partial charge in [0.2, 0.25) is 0 Å². The summed E-state index contributed by atoms with van der Waals surface area (Å²) >= 11 is 0. The Morgan fingerprint density at radius 3 is 1.89 bits per heavy atom. The van der Waals surface area contributed by atoms with Gasteiger partial charge in [0.1, 0.15) is 11.2 Å². The Bertz CT molecular complexity index is 652. The van der Waals surface area contributed by atoms with E-state index in [-0.39, 0.29) is 6.09 Å². The Labute approximate surface area is 227 Å². The highest BCUT2D eigenvalue weighted by molar-refractivity contribution is 5.68. The van der Waals surface area contributed by atoms with Crippen LogP contribution in [0.25, 0.3) is 0 Å². The van der Waals surface area contributed by atoms with Crippen LogP contribution in [-0.4, -0.2) is 72.5 Å². The fraction of sp³-hybridized carbons (Fsp3) is 0.867. The first-order valence-electron chi connectivity index (χ1n) is 14.8. The summed E-state index contributed by atoms with van der Waals surface area (Å²) in [4.78, 5) is 29.2. The van der Waals surface area contributed by atoms with E-state index in [2.05, 4.69) is 22.4 Å². The Hall–Kier alpha value is -1.76. The smallest absolute Gasteiger partial charge is 0.410 e. The zero-order valence-electron chi connectivity index (χ0n) is 24.9. The molecule has 216 valence electrons. The Morgan fingerprint density at radius 2 is 1.27 bits per heavy atom. The van der Waals surface area contributed by atoms with Crippen LogP contribution < -0.4 is 5.32 Å². The van der Waals surface area contributed by atoms with E-state index in [1.54, 1.807) is 4.90 Å². The van der Waals surface area contributed by atoms with Crippen LogP contribution in [0, 0.1) is 0 Å². The third-order valence-corrected chi connectivity index (χ3v) is 6.18. The topological polar surface area (TPSA) is 71.1 Å². The van der Waals surface area contributed by atoms with Crippen LogP contribution >= 0.6 is 0 Å². The monoisotopic (exact) mass is 523 g/mol. The predicted molar refractivity (Wildman–Crippen MR) is 153 cm³/mol. The largest absolute Gasteiger partial charge is 0.444 e. The van der Waals surface area contributed by atoms with E-state index in [0.29, 0.717) is 26.1 Å². The van der Waals surface area contributed by atoms with E-state index in [9.17, 15) is 9.59 Å². The number of nitrogens with one attached hydrogen (secondary N) is 1. The second-order valence-electron chi connectivity index (χ2n) is 12.3. The summed E-state index contributed by atoms with van der Waals surface area (Å²) in [5.74, 6) is 0. The predicted octanol–water partition coefficient (Wildman–Crippen LogP) is 7.30. The fourth-order valence-electron chi connectivity index (χ4n) is 4.35. The van der Waals surface area contributed by atoms with E-state index in [1.807, 2.05) is 41.5 Å². The molecule has 1 aliphatic rings. The number of carbonyl (C=O) groups excluding carboxylic acids is 2. The number of hydrogen-bond donors (Lipinski definition) is 1. The molecule has 37 heavy (non-hydrogen) atoms. The zero-order chi connectivity index (χ0) is 27.6. The maximum absolute atomic E-state index is 12.9. The molecule has 7 heteroatoms. The molecular weight excluding hydrogens is 466 g/mol. The van der Waals surface area contributed by atoms with Crippen molar-refractivity contribution in [2.45, 2.75) is 130 Å². The Morgan fingerprint density at radius 1 is 0.757 bits per heavy atom. The Kier molecular flexibility index (Phi) is 16.6. The van der Waals surface area contributed by atoms with E-state index >= 15 is 0 Å². The summed E-state index contributed by atoms with van der Waals surface area (Å²) in [5.41, 5.74) is -1.06. The van der Waals surface area contributed by atoms with Gasteiger partial charge < -0.3 is 24.6 Å². The highest BCUT2D eigenvalue weighted by Gasteiger charge is 2.22. The molecule has 0 fully saturated rings. The van der Waals surface area contributed by atoms with Gasteiger partial charge in [0, 0.05) is 19.6 Å². The second kappa shape index (κ2) is 18.5. The summed E-state index contributed by atoms with van der Waals surface area (Å²) in [5, 5.41) is 2.78. The molecule has 0 bridgehead atoms. The van der Waals surface area contributed by atoms with Crippen molar-refractivity contribution in [2.75, 3.05) is 39.3 Å². The van der Waals surface area contributed by atoms with Crippen LogP contribution in [-0.2, 0) is 9.47 Å². The van der Waals surface area contributed by atoms with Crippen LogP contribution in [0.2, 0.25) is 0 Å². The molecule has 0 radical (unpaired) electrons. The fourth-order valence-corrected chi connectivity index (χ4v) is 4.35. The average Bonchev–Trinajstić information content (AvgIpc) is 2.78. The summed E-state index contributed by atoms with van der Waals surface area (Å²) in [6, 6.07) is 0. The SMILES string of the molecule is CC(C)(C)OC(=O)NCCCN(CCCN1CCCC/C=C\CCCCCCCC1)C(=O)OC(C)(C)C. The third kappa shape index (κ3) is 19.9. The molecule has 0 saturated heterocycles. The van der Waals surface area contributed by atoms with Crippen molar-refractivity contribution in [2.24, 2.45) is 0 Å². The molecule has 7 nitrogen and oxygen atoms in total. The van der Waals surface area contributed by atoms with Crippen LogP contribution in [0.1, 0.15) is 119 Å². The van der Waals surface area contributed by atoms with Gasteiger partial charge in [-0.2, -0.15) is 0 Å². The van der Waals surface area contributed by atoms with Crippen LogP contribution in [0.4, 0.5) is 9.59 Å². The van der Waals surface area contributed by atoms with Crippen LogP contribution in [0.5, 0.6) is 0 Å². The molecule has 1 rings (SSSR count). The highest BCUT2D eigenvalue weighted by Crippen LogP contribution is 2.13. The van der Waals surface area contributed by atoms with Crippen molar-refractivity contribution in [3.05, 3.63) is 12.2 Å². The lowest BCUT2D eigenvalue weighted by atomic mass is 10.1. The van der Waals surface area contributed by atoms with Gasteiger partial charge >= 0.3 is 12.2 Å². The molecule has 2 amide bonds. The number of rotatable bonds is 8. The molecule has 0 aromatic rings. The first-order chi connectivity index (χ1) is 17.5. The first kappa shape index (κ1) is 33.3. The Balaban J connectivity index is 2.56. The van der Waals surface area contributed by atoms with E-state index in [1.165, 1.54) is 64.2 Å². The van der Waals surface area contributed by atoms with Crippen molar-refractivity contribution in [3.8, 4) is 0 Å². The van der Waals surface area contributed by atoms with E-state index in [4.69, 9.17) is 9.47 Å². The minimum atomic E-state index is -0.536. The molecule has 0 aliphatic carbocycles. The van der Waals surface area contributed by atoms with Gasteiger partial charge in [0.25, 0.3) is 0 Å². The third-order valence-electron chi connectivity index (χ3n) is 6.18. The molecule has 1 heterocycles. The van der Waals surface area contributed by atoms with Gasteiger partial charge in [-0.25, -0.2) is 9.59 Å². The van der Waals surface area contributed by atoms with Gasteiger partial charge in [-0.05, 0) is 113 Å². The number of nitrogens with zero attached hydrogens (tertiary/aromatic N) is 2. The van der Waals surface area contributed by atoms with Gasteiger partial charge in [-0.3, -0.25) is 0 Å². The number of carbonyl (C=O) groups is 2. The molecule has 0 aromatic heterocycles. The van der Waals surface area contributed by atoms with E-state index in [0.717, 1.165) is 26.1 Å². The first-order valence-corrected chi connectivity index (χ1v) is 14.8. The van der Waals surface area contributed by atoms with Gasteiger partial charge in [-0.15, -0.1) is 0 Å². The van der Waals surface area contributed by atoms with Crippen molar-refractivity contribution in [1.29, 1.82) is 0 Å². The maximum atomic E-state index is 12.9. The molecule has 1 N–H and O–H groups in total. The molecule has 0 atom stereocenters. The number of hydrogen-bond acceptors (Lipinski definition) is 5. The van der Waals surface area contributed by atoms with E-state index < -0.39 is 17.3 Å². The molecular formula is C30H57N3O4. The zero-order valence-corrected chi connectivity index (χ0v) is 24.9. The van der Waals surface area contributed by atoms with Crippen LogP contribution in [0.3, 0.4) is 0 Å². The second-order valence-corrected chi connectivity index (χ2v) is 12.3. The van der Waals surface area contributed by atoms with Crippen molar-refractivity contribution in [1.82, 2.24) is 15.1 Å². The number of amides is 2. The molecule has 0 aromatic carbocycles. The maximum Gasteiger partial charge on any atom is 0.410 e. The number of ether oxygens (including phenoxy) is 2. The highest BCUT2D eigenvalue weighted by atomic mass is 16.6. The standard InChI is InChI=1S/C30H57N3O4/c1-29(2,3)36-27(34)31-21-19-25-33(28(35)37-30(4,5)6)26-20-24-32-22-17-15-13-11-9-7-8-10-12-14-16-18-23-32/h9,11H,7-8,10,12-26H2,1-6H3,(H,31,34)/b11-9-. The molecule has 0 spiro atoms. The molecule has 0 unspecified atom stereocenters. The molecule has 0 saturated carbocycles. The summed E-state index contributed by atoms with van der Waals surface area (Å²) in [7, 11) is 0. The summed E-state index contributed by atoms with van der Waals surface area (Å²) in [6.07, 6.45) is 18.4. The lowest BCUT2D eigenvalue weighted by Crippen LogP contribution is -2.40. The van der Waals surface area contributed by atoms with Crippen molar-refractivity contribution in [3.63, 3.8) is 0 Å². The normalized spacial score (nSPS) is 18.2. The quantitative estimate of drug-likeness (QED) is 0.267. The minimum Gasteiger partial charge on any atom is -0.444 e. The average molecular weight is 524 g/mol. The van der Waals surface area contributed by atoms with Gasteiger partial charge in [0.15, 0.2) is 0 Å². The van der Waals surface area contributed by atoms with Crippen molar-refractivity contribution < 1.29 is 19.1 Å². The lowest BCUT2D eigenvalue weighted by Gasteiger charge is -2.29. The molecule has 1 aliphatic heterocycles. The van der Waals surface area contributed by atoms with Crippen LogP contribution in [0.15, 0.2) is 12.2 Å². The van der Waals surface area contributed by atoms with Crippen molar-refractivity contribution >= 4 is 12.2 Å².